The molecule has 11 heteroatoms. The Balaban J connectivity index is 2.04. The van der Waals surface area contributed by atoms with E-state index in [-0.39, 0.29) is 24.3 Å². The van der Waals surface area contributed by atoms with Gasteiger partial charge in [0.1, 0.15) is 17.4 Å². The molecule has 2 amide bonds. The van der Waals surface area contributed by atoms with E-state index in [0.29, 0.717) is 19.6 Å². The molecule has 0 spiro atoms. The van der Waals surface area contributed by atoms with Crippen molar-refractivity contribution in [3.8, 4) is 0 Å². The van der Waals surface area contributed by atoms with E-state index in [0.717, 1.165) is 42.1 Å². The zero-order valence-electron chi connectivity index (χ0n) is 32.1. The molecule has 1 unspecified atom stereocenters. The van der Waals surface area contributed by atoms with Crippen LogP contribution >= 0.6 is 0 Å². The first-order valence-electron chi connectivity index (χ1n) is 17.9. The predicted molar refractivity (Wildman–Crippen MR) is 191 cm³/mol. The number of nitrogens with one attached hydrogen (secondary N) is 1. The number of fused-ring (bicyclic) bond motifs is 1. The van der Waals surface area contributed by atoms with Crippen LogP contribution in [0.4, 0.5) is 4.79 Å². The van der Waals surface area contributed by atoms with E-state index in [1.54, 1.807) is 12.0 Å². The molecule has 1 saturated heterocycles. The van der Waals surface area contributed by atoms with Gasteiger partial charge in [0.25, 0.3) is 0 Å². The van der Waals surface area contributed by atoms with Gasteiger partial charge in [0, 0.05) is 50.4 Å². The minimum Gasteiger partial charge on any atom is -0.457 e. The van der Waals surface area contributed by atoms with Gasteiger partial charge in [0.2, 0.25) is 5.91 Å². The number of hydrogen-bond donors (Lipinski definition) is 1. The number of aromatic nitrogens is 2. The first-order valence-corrected chi connectivity index (χ1v) is 17.9. The topological polar surface area (TPSA) is 121 Å². The van der Waals surface area contributed by atoms with Gasteiger partial charge in [0.05, 0.1) is 23.9 Å². The lowest BCUT2D eigenvalue weighted by Gasteiger charge is -2.38. The van der Waals surface area contributed by atoms with Crippen LogP contribution in [0.25, 0.3) is 10.9 Å². The second-order valence-electron chi connectivity index (χ2n) is 15.9. The summed E-state index contributed by atoms with van der Waals surface area (Å²) < 4.78 is 25.9. The van der Waals surface area contributed by atoms with Crippen molar-refractivity contribution in [3.05, 3.63) is 30.0 Å². The zero-order valence-corrected chi connectivity index (χ0v) is 32.1. The number of carbonyl (C=O) groups excluding carboxylic acids is 3. The van der Waals surface area contributed by atoms with Crippen molar-refractivity contribution >= 4 is 28.9 Å². The van der Waals surface area contributed by atoms with Crippen molar-refractivity contribution in [2.24, 2.45) is 17.3 Å². The molecule has 49 heavy (non-hydrogen) atoms. The maximum absolute atomic E-state index is 13.9. The highest BCUT2D eigenvalue weighted by Gasteiger charge is 2.52. The molecule has 0 aliphatic carbocycles. The summed E-state index contributed by atoms with van der Waals surface area (Å²) in [6, 6.07) is 5.56. The first-order chi connectivity index (χ1) is 22.8. The number of unbranched alkanes of at least 4 members (excludes halogenated alkanes) is 1. The summed E-state index contributed by atoms with van der Waals surface area (Å²) in [5, 5.41) is 8.72. The van der Waals surface area contributed by atoms with Crippen LogP contribution in [0.5, 0.6) is 0 Å². The molecule has 1 aromatic heterocycles. The number of benzene rings is 1. The number of ether oxygens (including phenoxy) is 4. The number of esters is 1. The number of carbonyl (C=O) groups is 3. The van der Waals surface area contributed by atoms with Gasteiger partial charge in [-0.25, -0.2) is 4.79 Å². The maximum Gasteiger partial charge on any atom is 0.412 e. The number of amides is 2. The molecule has 3 rings (SSSR count). The Bertz CT molecular complexity index is 1410. The van der Waals surface area contributed by atoms with E-state index in [1.807, 2.05) is 71.5 Å². The lowest BCUT2D eigenvalue weighted by atomic mass is 9.80. The normalized spacial score (nSPS) is 19.2. The van der Waals surface area contributed by atoms with Crippen LogP contribution in [0.1, 0.15) is 120 Å². The third kappa shape index (κ3) is 10.7. The van der Waals surface area contributed by atoms with Crippen LogP contribution in [0, 0.1) is 17.3 Å². The predicted octanol–water partition coefficient (Wildman–Crippen LogP) is 7.41. The summed E-state index contributed by atoms with van der Waals surface area (Å²) in [5.41, 5.74) is -0.501. The van der Waals surface area contributed by atoms with E-state index < -0.39 is 47.1 Å². The highest BCUT2D eigenvalue weighted by atomic mass is 16.6. The van der Waals surface area contributed by atoms with E-state index in [1.165, 1.54) is 6.92 Å². The van der Waals surface area contributed by atoms with E-state index >= 15 is 0 Å². The lowest BCUT2D eigenvalue weighted by molar-refractivity contribution is -0.151. The fraction of sp³-hybridized carbons (Fsp3) is 0.737. The Morgan fingerprint density at radius 1 is 1.10 bits per heavy atom. The number of methoxy groups -OCH3 is 1. The fourth-order valence-electron chi connectivity index (χ4n) is 6.74. The van der Waals surface area contributed by atoms with Gasteiger partial charge in [0.15, 0.2) is 0 Å². The van der Waals surface area contributed by atoms with Gasteiger partial charge in [-0.2, -0.15) is 5.10 Å². The minimum absolute atomic E-state index is 0.0408. The summed E-state index contributed by atoms with van der Waals surface area (Å²) in [6.07, 6.45) is 4.18. The molecule has 11 nitrogen and oxygen atoms in total. The van der Waals surface area contributed by atoms with E-state index in [4.69, 9.17) is 18.9 Å². The third-order valence-corrected chi connectivity index (χ3v) is 9.37. The SMILES string of the molecule is CCCCC(C)(C)C(=O)NC[C@@H]1OC(C)(C)N(C(=O)OC(C)(C)C)[C@H]1CC(C(C)C)[C@H](OC(C)=O)c1ccc2cnn(CCCOC)c2c1. The van der Waals surface area contributed by atoms with Gasteiger partial charge < -0.3 is 24.3 Å². The maximum atomic E-state index is 13.9. The van der Waals surface area contributed by atoms with Crippen molar-refractivity contribution in [1.82, 2.24) is 20.0 Å². The molecule has 276 valence electrons. The van der Waals surface area contributed by atoms with Crippen LogP contribution in [-0.2, 0) is 35.1 Å². The molecule has 1 fully saturated rings. The Kier molecular flexibility index (Phi) is 13.7. The lowest BCUT2D eigenvalue weighted by Crippen LogP contribution is -2.52. The third-order valence-electron chi connectivity index (χ3n) is 9.37. The monoisotopic (exact) mass is 686 g/mol. The molecular weight excluding hydrogens is 624 g/mol. The molecule has 0 radical (unpaired) electrons. The minimum atomic E-state index is -1.02. The van der Waals surface area contributed by atoms with Crippen molar-refractivity contribution in [1.29, 1.82) is 0 Å². The molecule has 2 heterocycles. The number of hydrogen-bond acceptors (Lipinski definition) is 8. The second kappa shape index (κ2) is 16.7. The molecule has 1 N–H and O–H groups in total. The molecular formula is C38H62N4O7. The van der Waals surface area contributed by atoms with Gasteiger partial charge in [-0.15, -0.1) is 0 Å². The van der Waals surface area contributed by atoms with E-state index in [9.17, 15) is 14.4 Å². The molecule has 1 aliphatic heterocycles. The Morgan fingerprint density at radius 2 is 1.80 bits per heavy atom. The van der Waals surface area contributed by atoms with Crippen LogP contribution in [0.15, 0.2) is 24.4 Å². The smallest absolute Gasteiger partial charge is 0.412 e. The number of nitrogens with zero attached hydrogens (tertiary/aromatic N) is 3. The molecule has 0 saturated carbocycles. The average Bonchev–Trinajstić information content (AvgIpc) is 3.51. The van der Waals surface area contributed by atoms with Crippen molar-refractivity contribution in [3.63, 3.8) is 0 Å². The largest absolute Gasteiger partial charge is 0.457 e. The van der Waals surface area contributed by atoms with Gasteiger partial charge in [-0.05, 0) is 71.4 Å². The van der Waals surface area contributed by atoms with Gasteiger partial charge >= 0.3 is 12.1 Å². The van der Waals surface area contributed by atoms with Crippen LogP contribution in [0.3, 0.4) is 0 Å². The molecule has 1 aromatic carbocycles. The Morgan fingerprint density at radius 3 is 2.39 bits per heavy atom. The van der Waals surface area contributed by atoms with Crippen molar-refractivity contribution < 1.29 is 33.3 Å². The summed E-state index contributed by atoms with van der Waals surface area (Å²) in [4.78, 5) is 41.7. The van der Waals surface area contributed by atoms with Gasteiger partial charge in [-0.3, -0.25) is 19.2 Å². The second-order valence-corrected chi connectivity index (χ2v) is 15.9. The quantitative estimate of drug-likeness (QED) is 0.143. The average molecular weight is 687 g/mol. The van der Waals surface area contributed by atoms with Crippen LogP contribution < -0.4 is 5.32 Å². The highest BCUT2D eigenvalue weighted by Crippen LogP contribution is 2.42. The van der Waals surface area contributed by atoms with Crippen LogP contribution in [0.2, 0.25) is 0 Å². The molecule has 2 aromatic rings. The Hall–Kier alpha value is -3.18. The van der Waals surface area contributed by atoms with Crippen LogP contribution in [-0.4, -0.2) is 76.4 Å². The first kappa shape index (κ1) is 40.3. The molecule has 0 bridgehead atoms. The standard InChI is InChI=1S/C38H62N4O7/c1-13-14-18-37(8,9)34(44)39-24-32-31(42(38(10,11)48-32)35(45)49-36(5,6)7)22-29(25(2)3)33(47-26(4)43)27-16-17-28-23-40-41(30(28)21-27)19-15-20-46-12/h16-17,21,23,25,29,31-33H,13-15,18-20,22,24H2,1-12H3,(H,39,44)/t29?,31-,32-,33+/m0/s1. The summed E-state index contributed by atoms with van der Waals surface area (Å²) in [7, 11) is 1.68. The summed E-state index contributed by atoms with van der Waals surface area (Å²) in [6.45, 7) is 22.4. The van der Waals surface area contributed by atoms with Crippen molar-refractivity contribution in [2.45, 2.75) is 144 Å². The highest BCUT2D eigenvalue weighted by molar-refractivity contribution is 5.82. The van der Waals surface area contributed by atoms with Crippen molar-refractivity contribution in [2.75, 3.05) is 20.3 Å². The number of rotatable bonds is 16. The van der Waals surface area contributed by atoms with Gasteiger partial charge in [-0.1, -0.05) is 59.6 Å². The number of aryl methyl sites for hydroxylation is 1. The Labute approximate surface area is 293 Å². The van der Waals surface area contributed by atoms with E-state index in [2.05, 4.69) is 37.3 Å². The molecule has 1 aliphatic rings. The summed E-state index contributed by atoms with van der Waals surface area (Å²) >= 11 is 0. The zero-order chi connectivity index (χ0) is 36.7. The summed E-state index contributed by atoms with van der Waals surface area (Å²) in [5.74, 6) is -0.628. The molecule has 4 atom stereocenters. The fourth-order valence-corrected chi connectivity index (χ4v) is 6.74.